The van der Waals surface area contributed by atoms with E-state index in [4.69, 9.17) is 17.0 Å². The van der Waals surface area contributed by atoms with Gasteiger partial charge in [-0.1, -0.05) is 49.7 Å². The number of amides is 1. The molecule has 0 bridgehead atoms. The Kier molecular flexibility index (Phi) is 6.59. The van der Waals surface area contributed by atoms with Gasteiger partial charge in [-0.25, -0.2) is 0 Å². The lowest BCUT2D eigenvalue weighted by Crippen LogP contribution is -2.30. The van der Waals surface area contributed by atoms with Gasteiger partial charge in [-0.05, 0) is 43.9 Å². The van der Waals surface area contributed by atoms with E-state index in [9.17, 15) is 4.79 Å². The van der Waals surface area contributed by atoms with Crippen LogP contribution in [0.15, 0.2) is 11.0 Å². The fourth-order valence-corrected chi connectivity index (χ4v) is 5.24. The molecule has 1 amide bonds. The summed E-state index contributed by atoms with van der Waals surface area (Å²) in [4.78, 5) is 15.4. The van der Waals surface area contributed by atoms with Crippen molar-refractivity contribution < 1.29 is 9.53 Å². The molecule has 2 heterocycles. The third kappa shape index (κ3) is 4.24. The molecule has 2 fully saturated rings. The predicted octanol–water partition coefficient (Wildman–Crippen LogP) is 4.53. The van der Waals surface area contributed by atoms with Gasteiger partial charge in [0.2, 0.25) is 0 Å². The maximum Gasteiger partial charge on any atom is 0.266 e. The van der Waals surface area contributed by atoms with Crippen LogP contribution in [0.3, 0.4) is 0 Å². The SMILES string of the molecule is COCCn1c(C)cc(/C=C2\SC(=S)N(CCC3CCCC3)C2=O)c1C. The number of thioether (sulfide) groups is 1. The van der Waals surface area contributed by atoms with Crippen molar-refractivity contribution in [2.75, 3.05) is 20.3 Å². The number of methoxy groups -OCH3 is 1. The molecule has 6 heteroatoms. The van der Waals surface area contributed by atoms with Crippen molar-refractivity contribution in [2.45, 2.75) is 52.5 Å². The minimum absolute atomic E-state index is 0.0692. The summed E-state index contributed by atoms with van der Waals surface area (Å²) in [5.41, 5.74) is 3.44. The van der Waals surface area contributed by atoms with Crippen LogP contribution in [-0.2, 0) is 16.1 Å². The minimum atomic E-state index is 0.0692. The van der Waals surface area contributed by atoms with Gasteiger partial charge < -0.3 is 9.30 Å². The monoisotopic (exact) mass is 392 g/mol. The minimum Gasteiger partial charge on any atom is -0.383 e. The molecule has 1 aliphatic heterocycles. The lowest BCUT2D eigenvalue weighted by atomic mass is 10.0. The summed E-state index contributed by atoms with van der Waals surface area (Å²) in [7, 11) is 1.71. The molecule has 1 aromatic rings. The van der Waals surface area contributed by atoms with Gasteiger partial charge >= 0.3 is 0 Å². The fourth-order valence-electron chi connectivity index (χ4n) is 3.95. The van der Waals surface area contributed by atoms with Gasteiger partial charge in [-0.3, -0.25) is 9.69 Å². The van der Waals surface area contributed by atoms with Crippen LogP contribution in [0.25, 0.3) is 6.08 Å². The number of carbonyl (C=O) groups is 1. The standard InChI is InChI=1S/C20H28N2O2S2/c1-14-12-17(15(2)21(14)10-11-24-3)13-18-19(23)22(20(25)26-18)9-8-16-6-4-5-7-16/h12-13,16H,4-11H2,1-3H3/b18-13-. The molecular weight excluding hydrogens is 364 g/mol. The highest BCUT2D eigenvalue weighted by atomic mass is 32.2. The molecule has 0 unspecified atom stereocenters. The largest absolute Gasteiger partial charge is 0.383 e. The number of thiocarbonyl (C=S) groups is 1. The van der Waals surface area contributed by atoms with Crippen LogP contribution in [0.4, 0.5) is 0 Å². The van der Waals surface area contributed by atoms with Crippen LogP contribution in [0.2, 0.25) is 0 Å². The molecule has 3 rings (SSSR count). The van der Waals surface area contributed by atoms with Crippen LogP contribution < -0.4 is 0 Å². The first-order valence-electron chi connectivity index (χ1n) is 9.42. The molecule has 0 radical (unpaired) electrons. The number of aryl methyl sites for hydroxylation is 1. The number of hydrogen-bond acceptors (Lipinski definition) is 4. The maximum atomic E-state index is 12.8. The highest BCUT2D eigenvalue weighted by Crippen LogP contribution is 2.35. The Bertz CT molecular complexity index is 718. The van der Waals surface area contributed by atoms with Crippen molar-refractivity contribution in [3.05, 3.63) is 27.9 Å². The van der Waals surface area contributed by atoms with Crippen molar-refractivity contribution in [1.82, 2.24) is 9.47 Å². The van der Waals surface area contributed by atoms with Gasteiger partial charge in [0.25, 0.3) is 5.91 Å². The van der Waals surface area contributed by atoms with Crippen LogP contribution in [0, 0.1) is 19.8 Å². The Morgan fingerprint density at radius 1 is 1.31 bits per heavy atom. The molecule has 0 atom stereocenters. The van der Waals surface area contributed by atoms with Gasteiger partial charge in [0, 0.05) is 31.6 Å². The number of aromatic nitrogens is 1. The lowest BCUT2D eigenvalue weighted by Gasteiger charge is -2.17. The molecule has 0 N–H and O–H groups in total. The van der Waals surface area contributed by atoms with Crippen molar-refractivity contribution in [3.8, 4) is 0 Å². The van der Waals surface area contributed by atoms with E-state index in [-0.39, 0.29) is 5.91 Å². The first-order valence-corrected chi connectivity index (χ1v) is 10.6. The smallest absolute Gasteiger partial charge is 0.266 e. The number of rotatable bonds is 7. The van der Waals surface area contributed by atoms with E-state index in [1.165, 1.54) is 43.1 Å². The molecule has 2 aliphatic rings. The van der Waals surface area contributed by atoms with Crippen LogP contribution in [0.5, 0.6) is 0 Å². The van der Waals surface area contributed by atoms with E-state index in [1.807, 2.05) is 6.08 Å². The van der Waals surface area contributed by atoms with Crippen molar-refractivity contribution in [1.29, 1.82) is 0 Å². The van der Waals surface area contributed by atoms with Crippen molar-refractivity contribution >= 4 is 40.3 Å². The van der Waals surface area contributed by atoms with Gasteiger partial charge in [-0.2, -0.15) is 0 Å². The van der Waals surface area contributed by atoms with Crippen molar-refractivity contribution in [3.63, 3.8) is 0 Å². The highest BCUT2D eigenvalue weighted by molar-refractivity contribution is 8.26. The fraction of sp³-hybridized carbons (Fsp3) is 0.600. The first-order chi connectivity index (χ1) is 12.5. The zero-order valence-corrected chi connectivity index (χ0v) is 17.5. The van der Waals surface area contributed by atoms with Gasteiger partial charge in [-0.15, -0.1) is 0 Å². The van der Waals surface area contributed by atoms with Crippen molar-refractivity contribution in [2.24, 2.45) is 5.92 Å². The Morgan fingerprint density at radius 3 is 2.73 bits per heavy atom. The van der Waals surface area contributed by atoms with E-state index in [2.05, 4.69) is 24.5 Å². The molecular formula is C20H28N2O2S2. The predicted molar refractivity (Wildman–Crippen MR) is 112 cm³/mol. The Labute approximate surface area is 166 Å². The summed E-state index contributed by atoms with van der Waals surface area (Å²) in [5.74, 6) is 0.836. The van der Waals surface area contributed by atoms with E-state index >= 15 is 0 Å². The summed E-state index contributed by atoms with van der Waals surface area (Å²) in [6.45, 7) is 6.45. The molecule has 1 saturated heterocycles. The third-order valence-corrected chi connectivity index (χ3v) is 6.91. The first kappa shape index (κ1) is 19.6. The summed E-state index contributed by atoms with van der Waals surface area (Å²) in [6, 6.07) is 2.13. The summed E-state index contributed by atoms with van der Waals surface area (Å²) >= 11 is 6.91. The Morgan fingerprint density at radius 2 is 2.04 bits per heavy atom. The second-order valence-corrected chi connectivity index (χ2v) is 8.92. The van der Waals surface area contributed by atoms with E-state index < -0.39 is 0 Å². The molecule has 26 heavy (non-hydrogen) atoms. The topological polar surface area (TPSA) is 34.5 Å². The van der Waals surface area contributed by atoms with Crippen LogP contribution >= 0.6 is 24.0 Å². The molecule has 1 aliphatic carbocycles. The number of hydrogen-bond donors (Lipinski definition) is 0. The maximum absolute atomic E-state index is 12.8. The third-order valence-electron chi connectivity index (χ3n) is 5.53. The summed E-state index contributed by atoms with van der Waals surface area (Å²) in [6.07, 6.45) is 8.35. The second kappa shape index (κ2) is 8.72. The van der Waals surface area contributed by atoms with Gasteiger partial charge in [0.1, 0.15) is 4.32 Å². The number of nitrogens with zero attached hydrogens (tertiary/aromatic N) is 2. The molecule has 1 aromatic heterocycles. The van der Waals surface area contributed by atoms with E-state index in [0.29, 0.717) is 10.9 Å². The number of carbonyl (C=O) groups excluding carboxylic acids is 1. The average Bonchev–Trinajstić information content (AvgIpc) is 3.28. The Balaban J connectivity index is 1.71. The van der Waals surface area contributed by atoms with Crippen LogP contribution in [-0.4, -0.2) is 40.0 Å². The zero-order valence-electron chi connectivity index (χ0n) is 15.9. The van der Waals surface area contributed by atoms with Gasteiger partial charge in [0.05, 0.1) is 11.5 Å². The van der Waals surface area contributed by atoms with Gasteiger partial charge in [0.15, 0.2) is 0 Å². The molecule has 142 valence electrons. The van der Waals surface area contributed by atoms with Crippen LogP contribution in [0.1, 0.15) is 49.1 Å². The zero-order chi connectivity index (χ0) is 18.7. The quantitative estimate of drug-likeness (QED) is 0.504. The normalized spacial score (nSPS) is 20.1. The second-order valence-electron chi connectivity index (χ2n) is 7.24. The number of ether oxygens (including phenoxy) is 1. The molecule has 4 nitrogen and oxygen atoms in total. The van der Waals surface area contributed by atoms with E-state index in [1.54, 1.807) is 12.0 Å². The molecule has 0 aromatic carbocycles. The summed E-state index contributed by atoms with van der Waals surface area (Å²) in [5, 5.41) is 0. The lowest BCUT2D eigenvalue weighted by molar-refractivity contribution is -0.122. The van der Waals surface area contributed by atoms with E-state index in [0.717, 1.165) is 41.6 Å². The summed E-state index contributed by atoms with van der Waals surface area (Å²) < 4.78 is 8.13. The Hall–Kier alpha value is -1.11. The average molecular weight is 393 g/mol. The highest BCUT2D eigenvalue weighted by Gasteiger charge is 2.32. The molecule has 1 saturated carbocycles. The molecule has 0 spiro atoms.